The van der Waals surface area contributed by atoms with Gasteiger partial charge in [-0.05, 0) is 44.3 Å². The number of hydrogen-bond acceptors (Lipinski definition) is 5. The van der Waals surface area contributed by atoms with Crippen molar-refractivity contribution in [2.24, 2.45) is 0 Å². The molecule has 0 atom stereocenters. The lowest BCUT2D eigenvalue weighted by Gasteiger charge is -2.15. The van der Waals surface area contributed by atoms with Gasteiger partial charge in [0.2, 0.25) is 0 Å². The van der Waals surface area contributed by atoms with Crippen molar-refractivity contribution in [3.05, 3.63) is 29.8 Å². The van der Waals surface area contributed by atoms with E-state index in [-0.39, 0.29) is 5.78 Å². The van der Waals surface area contributed by atoms with Gasteiger partial charge in [0.15, 0.2) is 5.78 Å². The van der Waals surface area contributed by atoms with E-state index < -0.39 is 6.80 Å². The Balaban J connectivity index is 2.81. The number of carbonyl (C=O) groups is 1. The summed E-state index contributed by atoms with van der Waals surface area (Å²) >= 11 is 1.06. The van der Waals surface area contributed by atoms with Crippen molar-refractivity contribution in [2.75, 3.05) is 13.2 Å². The van der Waals surface area contributed by atoms with Gasteiger partial charge in [0.1, 0.15) is 0 Å². The van der Waals surface area contributed by atoms with Crippen LogP contribution in [0.3, 0.4) is 0 Å². The van der Waals surface area contributed by atoms with E-state index in [1.807, 2.05) is 0 Å². The molecule has 0 aromatic heterocycles. The van der Waals surface area contributed by atoms with Crippen LogP contribution in [0.25, 0.3) is 0 Å². The largest absolute Gasteiger partial charge is 0.393 e. The highest BCUT2D eigenvalue weighted by atomic mass is 32.7. The molecule has 1 aromatic rings. The monoisotopic (exact) mass is 288 g/mol. The van der Waals surface area contributed by atoms with Gasteiger partial charge in [-0.25, -0.2) is 4.57 Å². The van der Waals surface area contributed by atoms with Gasteiger partial charge in [0.25, 0.3) is 0 Å². The van der Waals surface area contributed by atoms with Gasteiger partial charge < -0.3 is 9.05 Å². The summed E-state index contributed by atoms with van der Waals surface area (Å²) in [7, 11) is 0. The van der Waals surface area contributed by atoms with Crippen LogP contribution in [0.15, 0.2) is 29.2 Å². The lowest BCUT2D eigenvalue weighted by Crippen LogP contribution is -1.93. The minimum absolute atomic E-state index is 0.00403. The first kappa shape index (κ1) is 15.4. The zero-order valence-corrected chi connectivity index (χ0v) is 12.4. The van der Waals surface area contributed by atoms with Crippen molar-refractivity contribution in [2.45, 2.75) is 25.7 Å². The third-order valence-electron chi connectivity index (χ3n) is 2.05. The summed E-state index contributed by atoms with van der Waals surface area (Å²) in [4.78, 5) is 11.9. The maximum Gasteiger partial charge on any atom is 0.393 e. The second kappa shape index (κ2) is 7.10. The summed E-state index contributed by atoms with van der Waals surface area (Å²) in [6.07, 6.45) is 0. The molecule has 1 aromatic carbocycles. The molecule has 0 N–H and O–H groups in total. The van der Waals surface area contributed by atoms with Crippen LogP contribution in [0.4, 0.5) is 0 Å². The number of benzene rings is 1. The topological polar surface area (TPSA) is 52.6 Å². The Kier molecular flexibility index (Phi) is 6.09. The number of rotatable bonds is 7. The highest BCUT2D eigenvalue weighted by molar-refractivity contribution is 8.55. The van der Waals surface area contributed by atoms with Crippen molar-refractivity contribution >= 4 is 24.0 Å². The molecule has 0 bridgehead atoms. The summed E-state index contributed by atoms with van der Waals surface area (Å²) in [5, 5.41) is 0. The maximum atomic E-state index is 12.3. The molecule has 0 saturated heterocycles. The predicted octanol–water partition coefficient (Wildman–Crippen LogP) is 4.16. The van der Waals surface area contributed by atoms with Crippen LogP contribution < -0.4 is 0 Å². The maximum absolute atomic E-state index is 12.3. The summed E-state index contributed by atoms with van der Waals surface area (Å²) in [5.74, 6) is 0.00403. The Morgan fingerprint density at radius 1 is 1.17 bits per heavy atom. The van der Waals surface area contributed by atoms with Gasteiger partial charge in [0, 0.05) is 10.5 Å². The number of Topliss-reactive ketones (excluding diaryl/α,β-unsaturated/α-hetero) is 1. The van der Waals surface area contributed by atoms with E-state index in [0.29, 0.717) is 18.8 Å². The molecule has 4 nitrogen and oxygen atoms in total. The van der Waals surface area contributed by atoms with Crippen molar-refractivity contribution in [3.8, 4) is 0 Å². The first-order chi connectivity index (χ1) is 8.50. The third kappa shape index (κ3) is 4.58. The average Bonchev–Trinajstić information content (AvgIpc) is 2.30. The van der Waals surface area contributed by atoms with Crippen LogP contribution in [-0.4, -0.2) is 19.0 Å². The molecule has 1 rings (SSSR count). The molecule has 0 aliphatic heterocycles. The Hall–Kier alpha value is -0.610. The van der Waals surface area contributed by atoms with Gasteiger partial charge in [0.05, 0.1) is 13.2 Å². The van der Waals surface area contributed by atoms with Gasteiger partial charge in [-0.15, -0.1) is 0 Å². The van der Waals surface area contributed by atoms with Crippen molar-refractivity contribution in [3.63, 3.8) is 0 Å². The molecule has 0 heterocycles. The molecule has 100 valence electrons. The van der Waals surface area contributed by atoms with E-state index in [1.54, 1.807) is 38.1 Å². The fourth-order valence-electron chi connectivity index (χ4n) is 1.29. The van der Waals surface area contributed by atoms with E-state index in [4.69, 9.17) is 9.05 Å². The van der Waals surface area contributed by atoms with Crippen LogP contribution in [0.2, 0.25) is 0 Å². The third-order valence-corrected chi connectivity index (χ3v) is 5.84. The fraction of sp³-hybridized carbons (Fsp3) is 0.417. The van der Waals surface area contributed by atoms with Crippen LogP contribution in [-0.2, 0) is 13.6 Å². The molecular weight excluding hydrogens is 271 g/mol. The molecule has 18 heavy (non-hydrogen) atoms. The van der Waals surface area contributed by atoms with Crippen molar-refractivity contribution < 1.29 is 18.4 Å². The Labute approximate surface area is 111 Å². The van der Waals surface area contributed by atoms with Gasteiger partial charge in [-0.3, -0.25) is 4.79 Å². The minimum atomic E-state index is -3.15. The van der Waals surface area contributed by atoms with Crippen LogP contribution >= 0.6 is 18.2 Å². The molecule has 6 heteroatoms. The number of carbonyl (C=O) groups excluding carboxylic acids is 1. The van der Waals surface area contributed by atoms with E-state index in [1.165, 1.54) is 6.92 Å². The summed E-state index contributed by atoms with van der Waals surface area (Å²) in [5.41, 5.74) is 0.627. The lowest BCUT2D eigenvalue weighted by atomic mass is 10.2. The molecule has 0 saturated carbocycles. The summed E-state index contributed by atoms with van der Waals surface area (Å²) in [6, 6.07) is 6.89. The highest BCUT2D eigenvalue weighted by Gasteiger charge is 2.25. The molecule has 0 unspecified atom stereocenters. The zero-order chi connectivity index (χ0) is 13.6. The van der Waals surface area contributed by atoms with Crippen LogP contribution in [0, 0.1) is 0 Å². The smallest absolute Gasteiger partial charge is 0.301 e. The molecule has 0 fully saturated rings. The summed E-state index contributed by atoms with van der Waals surface area (Å²) < 4.78 is 22.6. The van der Waals surface area contributed by atoms with Crippen LogP contribution in [0.1, 0.15) is 31.1 Å². The van der Waals surface area contributed by atoms with Crippen LogP contribution in [0.5, 0.6) is 0 Å². The molecular formula is C12H17O4PS. The zero-order valence-electron chi connectivity index (χ0n) is 10.7. The Morgan fingerprint density at radius 2 is 1.67 bits per heavy atom. The minimum Gasteiger partial charge on any atom is -0.301 e. The second-order valence-electron chi connectivity index (χ2n) is 3.45. The Bertz CT molecular complexity index is 434. The van der Waals surface area contributed by atoms with Gasteiger partial charge in [-0.2, -0.15) is 0 Å². The lowest BCUT2D eigenvalue weighted by molar-refractivity contribution is 0.101. The number of ketones is 1. The van der Waals surface area contributed by atoms with Crippen molar-refractivity contribution in [1.29, 1.82) is 0 Å². The molecule has 0 radical (unpaired) electrons. The fourth-order valence-corrected chi connectivity index (χ4v) is 4.70. The van der Waals surface area contributed by atoms with E-state index in [2.05, 4.69) is 0 Å². The summed E-state index contributed by atoms with van der Waals surface area (Å²) in [6.45, 7) is 2.56. The molecule has 0 spiro atoms. The van der Waals surface area contributed by atoms with Gasteiger partial charge in [-0.1, -0.05) is 12.1 Å². The van der Waals surface area contributed by atoms with Crippen molar-refractivity contribution in [1.82, 2.24) is 0 Å². The average molecular weight is 288 g/mol. The predicted molar refractivity (Wildman–Crippen MR) is 73.2 cm³/mol. The molecule has 0 aliphatic rings. The first-order valence-electron chi connectivity index (χ1n) is 5.70. The molecule has 0 aliphatic carbocycles. The second-order valence-corrected chi connectivity index (χ2v) is 7.41. The van der Waals surface area contributed by atoms with E-state index >= 15 is 0 Å². The normalized spacial score (nSPS) is 11.5. The van der Waals surface area contributed by atoms with E-state index in [9.17, 15) is 9.36 Å². The Morgan fingerprint density at radius 3 is 2.06 bits per heavy atom. The standard InChI is InChI=1S/C12H17O4PS/c1-4-15-17(14,16-5-2)18-12-8-6-11(7-9-12)10(3)13/h6-9H,4-5H2,1-3H3. The van der Waals surface area contributed by atoms with Gasteiger partial charge >= 0.3 is 6.80 Å². The molecule has 0 amide bonds. The van der Waals surface area contributed by atoms with E-state index in [0.717, 1.165) is 16.3 Å². The number of hydrogen-bond donors (Lipinski definition) is 0. The highest BCUT2D eigenvalue weighted by Crippen LogP contribution is 2.63. The first-order valence-corrected chi connectivity index (χ1v) is 8.67. The quantitative estimate of drug-likeness (QED) is 0.557. The SMILES string of the molecule is CCOP(=O)(OCC)Sc1ccc(C(C)=O)cc1.